The van der Waals surface area contributed by atoms with Gasteiger partial charge in [-0.15, -0.1) is 0 Å². The topological polar surface area (TPSA) is 40.6 Å². The van der Waals surface area contributed by atoms with Gasteiger partial charge in [0, 0.05) is 38.4 Å². The predicted octanol–water partition coefficient (Wildman–Crippen LogP) is 2.74. The number of hydrogen-bond acceptors (Lipinski definition) is 3. The average molecular weight is 360 g/mol. The molecule has 0 radical (unpaired) electrons. The number of piperazine rings is 1. The summed E-state index contributed by atoms with van der Waals surface area (Å²) in [5.41, 5.74) is -1.26. The molecular formula is C16H19F3N2O2S. The molecule has 1 aliphatic heterocycles. The predicted molar refractivity (Wildman–Crippen MR) is 86.9 cm³/mol. The van der Waals surface area contributed by atoms with Gasteiger partial charge < -0.3 is 9.80 Å². The van der Waals surface area contributed by atoms with Gasteiger partial charge in [0.2, 0.25) is 5.91 Å². The SMILES string of the molecule is CSCCC(=O)N1CCN(C(=O)c2ccccc2C(F)(F)F)CC1. The van der Waals surface area contributed by atoms with E-state index in [0.29, 0.717) is 19.5 Å². The second-order valence-electron chi connectivity index (χ2n) is 5.46. The summed E-state index contributed by atoms with van der Waals surface area (Å²) in [6.45, 7) is 1.20. The normalized spacial score (nSPS) is 15.5. The van der Waals surface area contributed by atoms with Gasteiger partial charge in [-0.3, -0.25) is 9.59 Å². The quantitative estimate of drug-likeness (QED) is 0.829. The molecular weight excluding hydrogens is 341 g/mol. The zero-order chi connectivity index (χ0) is 17.7. The molecule has 0 aromatic heterocycles. The van der Waals surface area contributed by atoms with Crippen molar-refractivity contribution in [2.24, 2.45) is 0 Å². The van der Waals surface area contributed by atoms with Crippen molar-refractivity contribution in [3.05, 3.63) is 35.4 Å². The van der Waals surface area contributed by atoms with E-state index >= 15 is 0 Å². The molecule has 132 valence electrons. The van der Waals surface area contributed by atoms with E-state index in [4.69, 9.17) is 0 Å². The van der Waals surface area contributed by atoms with Crippen LogP contribution in [-0.4, -0.2) is 59.8 Å². The van der Waals surface area contributed by atoms with Gasteiger partial charge in [-0.25, -0.2) is 0 Å². The first-order valence-electron chi connectivity index (χ1n) is 7.57. The Hall–Kier alpha value is -1.70. The maximum absolute atomic E-state index is 13.0. The minimum absolute atomic E-state index is 0.0205. The third kappa shape index (κ3) is 4.43. The highest BCUT2D eigenvalue weighted by Gasteiger charge is 2.36. The van der Waals surface area contributed by atoms with Gasteiger partial charge >= 0.3 is 6.18 Å². The van der Waals surface area contributed by atoms with Crippen LogP contribution < -0.4 is 0 Å². The first-order valence-corrected chi connectivity index (χ1v) is 8.96. The summed E-state index contributed by atoms with van der Waals surface area (Å²) < 4.78 is 39.1. The second kappa shape index (κ2) is 7.92. The van der Waals surface area contributed by atoms with Crippen LogP contribution >= 0.6 is 11.8 Å². The Kier molecular flexibility index (Phi) is 6.15. The van der Waals surface area contributed by atoms with Gasteiger partial charge in [-0.2, -0.15) is 24.9 Å². The van der Waals surface area contributed by atoms with Crippen LogP contribution in [-0.2, 0) is 11.0 Å². The van der Waals surface area contributed by atoms with Crippen LogP contribution in [0, 0.1) is 0 Å². The number of thioether (sulfide) groups is 1. The fourth-order valence-electron chi connectivity index (χ4n) is 2.59. The van der Waals surface area contributed by atoms with Crippen LogP contribution in [0.5, 0.6) is 0 Å². The molecule has 0 aliphatic carbocycles. The number of nitrogens with zero attached hydrogens (tertiary/aromatic N) is 2. The molecule has 2 rings (SSSR count). The molecule has 0 bridgehead atoms. The van der Waals surface area contributed by atoms with E-state index in [1.165, 1.54) is 23.1 Å². The Morgan fingerprint density at radius 2 is 1.67 bits per heavy atom. The fourth-order valence-corrected chi connectivity index (χ4v) is 2.97. The van der Waals surface area contributed by atoms with Gasteiger partial charge in [0.05, 0.1) is 11.1 Å². The van der Waals surface area contributed by atoms with Gasteiger partial charge in [0.25, 0.3) is 5.91 Å². The highest BCUT2D eigenvalue weighted by molar-refractivity contribution is 7.98. The van der Waals surface area contributed by atoms with Crippen molar-refractivity contribution in [1.82, 2.24) is 9.80 Å². The lowest BCUT2D eigenvalue weighted by molar-refractivity contribution is -0.138. The molecule has 0 atom stereocenters. The van der Waals surface area contributed by atoms with Crippen molar-refractivity contribution < 1.29 is 22.8 Å². The van der Waals surface area contributed by atoms with Crippen molar-refractivity contribution >= 4 is 23.6 Å². The Bertz CT molecular complexity index is 599. The summed E-state index contributed by atoms with van der Waals surface area (Å²) in [5.74, 6) is 0.114. The standard InChI is InChI=1S/C16H19F3N2O2S/c1-24-11-6-14(22)20-7-9-21(10-8-20)15(23)12-4-2-3-5-13(12)16(17,18)19/h2-5H,6-11H2,1H3. The van der Waals surface area contributed by atoms with Crippen molar-refractivity contribution in [2.45, 2.75) is 12.6 Å². The smallest absolute Gasteiger partial charge is 0.339 e. The maximum atomic E-state index is 13.0. The molecule has 2 amide bonds. The van der Waals surface area contributed by atoms with E-state index in [1.807, 2.05) is 6.26 Å². The third-order valence-electron chi connectivity index (χ3n) is 3.90. The number of amides is 2. The highest BCUT2D eigenvalue weighted by atomic mass is 32.2. The van der Waals surface area contributed by atoms with E-state index in [-0.39, 0.29) is 24.6 Å². The molecule has 4 nitrogen and oxygen atoms in total. The Morgan fingerprint density at radius 3 is 2.25 bits per heavy atom. The molecule has 1 fully saturated rings. The van der Waals surface area contributed by atoms with Crippen LogP contribution in [0.25, 0.3) is 0 Å². The molecule has 1 aromatic carbocycles. The van der Waals surface area contributed by atoms with Crippen LogP contribution in [0.4, 0.5) is 13.2 Å². The summed E-state index contributed by atoms with van der Waals surface area (Å²) in [5, 5.41) is 0. The lowest BCUT2D eigenvalue weighted by Crippen LogP contribution is -2.50. The van der Waals surface area contributed by atoms with Gasteiger partial charge in [0.1, 0.15) is 0 Å². The first-order chi connectivity index (χ1) is 11.3. The van der Waals surface area contributed by atoms with Crippen LogP contribution in [0.1, 0.15) is 22.3 Å². The highest BCUT2D eigenvalue weighted by Crippen LogP contribution is 2.32. The number of carbonyl (C=O) groups excluding carboxylic acids is 2. The van der Waals surface area contributed by atoms with E-state index in [0.717, 1.165) is 11.8 Å². The van der Waals surface area contributed by atoms with Crippen molar-refractivity contribution in [3.8, 4) is 0 Å². The number of carbonyl (C=O) groups is 2. The summed E-state index contributed by atoms with van der Waals surface area (Å²) in [6, 6.07) is 4.79. The van der Waals surface area contributed by atoms with Crippen molar-refractivity contribution in [2.75, 3.05) is 38.2 Å². The Morgan fingerprint density at radius 1 is 1.08 bits per heavy atom. The monoisotopic (exact) mass is 360 g/mol. The molecule has 0 saturated carbocycles. The summed E-state index contributed by atoms with van der Waals surface area (Å²) in [4.78, 5) is 27.4. The molecule has 1 saturated heterocycles. The van der Waals surface area contributed by atoms with E-state index < -0.39 is 17.6 Å². The number of hydrogen-bond donors (Lipinski definition) is 0. The van der Waals surface area contributed by atoms with Crippen LogP contribution in [0.15, 0.2) is 24.3 Å². The van der Waals surface area contributed by atoms with Crippen LogP contribution in [0.3, 0.4) is 0 Å². The van der Waals surface area contributed by atoms with Gasteiger partial charge in [-0.1, -0.05) is 12.1 Å². The average Bonchev–Trinajstić information content (AvgIpc) is 2.58. The minimum atomic E-state index is -4.57. The zero-order valence-corrected chi connectivity index (χ0v) is 14.1. The van der Waals surface area contributed by atoms with E-state index in [2.05, 4.69) is 0 Å². The molecule has 0 spiro atoms. The number of benzene rings is 1. The van der Waals surface area contributed by atoms with Gasteiger partial charge in [0.15, 0.2) is 0 Å². The molecule has 1 aromatic rings. The van der Waals surface area contributed by atoms with E-state index in [9.17, 15) is 22.8 Å². The molecule has 24 heavy (non-hydrogen) atoms. The van der Waals surface area contributed by atoms with E-state index in [1.54, 1.807) is 16.7 Å². The zero-order valence-electron chi connectivity index (χ0n) is 13.3. The molecule has 0 N–H and O–H groups in total. The lowest BCUT2D eigenvalue weighted by atomic mass is 10.1. The summed E-state index contributed by atoms with van der Waals surface area (Å²) in [6.07, 6.45) is -2.21. The molecule has 0 unspecified atom stereocenters. The number of halogens is 3. The van der Waals surface area contributed by atoms with Gasteiger partial charge in [-0.05, 0) is 18.4 Å². The molecule has 1 aliphatic rings. The number of alkyl halides is 3. The fraction of sp³-hybridized carbons (Fsp3) is 0.500. The first kappa shape index (κ1) is 18.6. The Balaban J connectivity index is 2.03. The second-order valence-corrected chi connectivity index (χ2v) is 6.44. The summed E-state index contributed by atoms with van der Waals surface area (Å²) in [7, 11) is 0. The Labute approximate surface area is 143 Å². The van der Waals surface area contributed by atoms with Crippen LogP contribution in [0.2, 0.25) is 0 Å². The largest absolute Gasteiger partial charge is 0.417 e. The third-order valence-corrected chi connectivity index (χ3v) is 4.51. The number of rotatable bonds is 4. The van der Waals surface area contributed by atoms with Crippen molar-refractivity contribution in [1.29, 1.82) is 0 Å². The maximum Gasteiger partial charge on any atom is 0.417 e. The molecule has 8 heteroatoms. The summed E-state index contributed by atoms with van der Waals surface area (Å²) >= 11 is 1.58. The lowest BCUT2D eigenvalue weighted by Gasteiger charge is -2.35. The minimum Gasteiger partial charge on any atom is -0.339 e. The molecule has 1 heterocycles. The van der Waals surface area contributed by atoms with Crippen molar-refractivity contribution in [3.63, 3.8) is 0 Å².